The molecule has 0 fully saturated rings. The number of nitrogens with zero attached hydrogens (tertiary/aromatic N) is 1. The van der Waals surface area contributed by atoms with Gasteiger partial charge in [0.25, 0.3) is 10.0 Å². The van der Waals surface area contributed by atoms with Gasteiger partial charge in [-0.05, 0) is 60.7 Å². The molecule has 0 unspecified atom stereocenters. The third-order valence-electron chi connectivity index (χ3n) is 5.02. The largest absolute Gasteiger partial charge is 0.337 e. The van der Waals surface area contributed by atoms with Gasteiger partial charge in [0.05, 0.1) is 10.6 Å². The second-order valence-corrected chi connectivity index (χ2v) is 10.2. The van der Waals surface area contributed by atoms with Crippen molar-refractivity contribution in [1.82, 2.24) is 5.16 Å². The van der Waals surface area contributed by atoms with E-state index in [0.717, 1.165) is 5.56 Å². The van der Waals surface area contributed by atoms with Gasteiger partial charge in [0.1, 0.15) is 0 Å². The lowest BCUT2D eigenvalue weighted by Crippen LogP contribution is -2.13. The van der Waals surface area contributed by atoms with Gasteiger partial charge in [0.15, 0.2) is 0 Å². The van der Waals surface area contributed by atoms with Gasteiger partial charge in [-0.15, -0.1) is 0 Å². The second kappa shape index (κ2) is 9.00. The van der Waals surface area contributed by atoms with Crippen molar-refractivity contribution in [3.8, 4) is 0 Å². The van der Waals surface area contributed by atoms with Gasteiger partial charge in [-0.25, -0.2) is 13.1 Å². The van der Waals surface area contributed by atoms with Crippen LogP contribution in [0.5, 0.6) is 0 Å². The average molecular weight is 454 g/mol. The highest BCUT2D eigenvalue weighted by atomic mass is 32.2. The Morgan fingerprint density at radius 3 is 2.16 bits per heavy atom. The molecule has 32 heavy (non-hydrogen) atoms. The van der Waals surface area contributed by atoms with E-state index in [4.69, 9.17) is 4.52 Å². The normalized spacial score (nSPS) is 12.2. The van der Waals surface area contributed by atoms with Crippen LogP contribution in [0, 0.1) is 13.8 Å². The van der Waals surface area contributed by atoms with E-state index < -0.39 is 10.0 Å². The maximum Gasteiger partial charge on any atom is 0.264 e. The molecule has 8 heteroatoms. The quantitative estimate of drug-likeness (QED) is 0.509. The Balaban J connectivity index is 1.63. The van der Waals surface area contributed by atoms with Crippen molar-refractivity contribution in [2.45, 2.75) is 44.9 Å². The van der Waals surface area contributed by atoms with Crippen molar-refractivity contribution in [2.24, 2.45) is 0 Å². The molecule has 0 aliphatic rings. The smallest absolute Gasteiger partial charge is 0.264 e. The number of hydrogen-bond acceptors (Lipinski definition) is 5. The zero-order valence-corrected chi connectivity index (χ0v) is 19.6. The first-order valence-corrected chi connectivity index (χ1v) is 11.6. The molecule has 0 bridgehead atoms. The van der Waals surface area contributed by atoms with Crippen LogP contribution < -0.4 is 10.0 Å². The van der Waals surface area contributed by atoms with Crippen molar-refractivity contribution in [2.75, 3.05) is 10.0 Å². The van der Waals surface area contributed by atoms with Gasteiger partial charge in [-0.3, -0.25) is 4.79 Å². The number of amides is 1. The lowest BCUT2D eigenvalue weighted by atomic mass is 9.87. The summed E-state index contributed by atoms with van der Waals surface area (Å²) >= 11 is 0. The predicted molar refractivity (Wildman–Crippen MR) is 126 cm³/mol. The fraction of sp³-hybridized carbons (Fsp3) is 0.250. The van der Waals surface area contributed by atoms with E-state index in [-0.39, 0.29) is 22.1 Å². The molecule has 0 saturated heterocycles. The average Bonchev–Trinajstić information content (AvgIpc) is 3.04. The maximum atomic E-state index is 12.5. The highest BCUT2D eigenvalue weighted by molar-refractivity contribution is 7.92. The first kappa shape index (κ1) is 23.3. The van der Waals surface area contributed by atoms with E-state index in [2.05, 4.69) is 36.0 Å². The molecule has 2 N–H and O–H groups in total. The Bertz CT molecular complexity index is 1230. The Labute approximate surface area is 188 Å². The third-order valence-corrected chi connectivity index (χ3v) is 6.37. The van der Waals surface area contributed by atoms with Crippen LogP contribution in [0.15, 0.2) is 64.0 Å². The lowest BCUT2D eigenvalue weighted by molar-refractivity contribution is -0.111. The number of nitrogens with one attached hydrogen (secondary N) is 2. The standard InChI is InChI=1S/C24H27N3O4S/c1-16-17(2)26-31-23(16)27-32(29,30)21-13-11-20(12-14-21)25-22(28)15-8-18-6-9-19(10-7-18)24(3,4)5/h6-15,27H,1-5H3,(H,25,28). The highest BCUT2D eigenvalue weighted by Gasteiger charge is 2.19. The minimum absolute atomic E-state index is 0.0402. The summed E-state index contributed by atoms with van der Waals surface area (Å²) < 4.78 is 32.5. The van der Waals surface area contributed by atoms with E-state index in [9.17, 15) is 13.2 Å². The summed E-state index contributed by atoms with van der Waals surface area (Å²) in [5, 5.41) is 6.46. The molecule has 0 radical (unpaired) electrons. The summed E-state index contributed by atoms with van der Waals surface area (Å²) in [5.41, 5.74) is 3.92. The van der Waals surface area contributed by atoms with Crippen molar-refractivity contribution < 1.29 is 17.7 Å². The number of hydrogen-bond donors (Lipinski definition) is 2. The molecule has 2 aromatic carbocycles. The summed E-state index contributed by atoms with van der Waals surface area (Å²) in [7, 11) is -3.84. The molecule has 0 aliphatic carbocycles. The molecule has 1 amide bonds. The number of sulfonamides is 1. The molecule has 0 aliphatic heterocycles. The van der Waals surface area contributed by atoms with E-state index in [0.29, 0.717) is 16.9 Å². The summed E-state index contributed by atoms with van der Waals surface area (Å²) in [5.74, 6) is -0.230. The van der Waals surface area contributed by atoms with Crippen LogP contribution in [0.2, 0.25) is 0 Å². The van der Waals surface area contributed by atoms with Gasteiger partial charge in [0.2, 0.25) is 11.8 Å². The van der Waals surface area contributed by atoms with Crippen LogP contribution in [0.25, 0.3) is 6.08 Å². The van der Waals surface area contributed by atoms with E-state index in [1.165, 1.54) is 35.9 Å². The van der Waals surface area contributed by atoms with Crippen molar-refractivity contribution in [3.05, 3.63) is 77.0 Å². The van der Waals surface area contributed by atoms with Crippen molar-refractivity contribution in [1.29, 1.82) is 0 Å². The third kappa shape index (κ3) is 5.64. The molecule has 0 atom stereocenters. The van der Waals surface area contributed by atoms with Gasteiger partial charge < -0.3 is 9.84 Å². The molecular formula is C24H27N3O4S. The molecule has 1 aromatic heterocycles. The first-order valence-electron chi connectivity index (χ1n) is 10.1. The molecule has 3 rings (SSSR count). The number of aryl methyl sites for hydroxylation is 1. The maximum absolute atomic E-state index is 12.5. The minimum Gasteiger partial charge on any atom is -0.337 e. The fourth-order valence-corrected chi connectivity index (χ4v) is 3.91. The monoisotopic (exact) mass is 453 g/mol. The van der Waals surface area contributed by atoms with Crippen molar-refractivity contribution >= 4 is 33.6 Å². The second-order valence-electron chi connectivity index (χ2n) is 8.55. The zero-order valence-electron chi connectivity index (χ0n) is 18.8. The number of anilines is 2. The molecule has 7 nitrogen and oxygen atoms in total. The van der Waals surface area contributed by atoms with Gasteiger partial charge in [-0.1, -0.05) is 50.2 Å². The van der Waals surface area contributed by atoms with Crippen LogP contribution >= 0.6 is 0 Å². The molecule has 3 aromatic rings. The van der Waals surface area contributed by atoms with E-state index in [1.54, 1.807) is 19.9 Å². The Hall–Kier alpha value is -3.39. The van der Waals surface area contributed by atoms with Crippen LogP contribution in [-0.2, 0) is 20.2 Å². The summed E-state index contributed by atoms with van der Waals surface area (Å²) in [6.07, 6.45) is 3.17. The predicted octanol–water partition coefficient (Wildman–Crippen LogP) is 5.04. The molecule has 1 heterocycles. The number of carbonyl (C=O) groups excluding carboxylic acids is 1. The van der Waals surface area contributed by atoms with Crippen molar-refractivity contribution in [3.63, 3.8) is 0 Å². The summed E-state index contributed by atoms with van der Waals surface area (Å²) in [6.45, 7) is 9.88. The van der Waals surface area contributed by atoms with Crippen LogP contribution in [0.3, 0.4) is 0 Å². The number of benzene rings is 2. The number of rotatable bonds is 6. The lowest BCUT2D eigenvalue weighted by Gasteiger charge is -2.18. The number of aromatic nitrogens is 1. The van der Waals surface area contributed by atoms with Crippen LogP contribution in [0.4, 0.5) is 11.6 Å². The van der Waals surface area contributed by atoms with Crippen LogP contribution in [0.1, 0.15) is 43.2 Å². The van der Waals surface area contributed by atoms with E-state index in [1.807, 2.05) is 24.3 Å². The molecular weight excluding hydrogens is 426 g/mol. The molecule has 0 saturated carbocycles. The molecule has 0 spiro atoms. The van der Waals surface area contributed by atoms with Gasteiger partial charge >= 0.3 is 0 Å². The number of carbonyl (C=O) groups is 1. The highest BCUT2D eigenvalue weighted by Crippen LogP contribution is 2.23. The summed E-state index contributed by atoms with van der Waals surface area (Å²) in [4.78, 5) is 12.3. The topological polar surface area (TPSA) is 101 Å². The SMILES string of the molecule is Cc1noc(NS(=O)(=O)c2ccc(NC(=O)C=Cc3ccc(C(C)(C)C)cc3)cc2)c1C. The Morgan fingerprint density at radius 2 is 1.62 bits per heavy atom. The van der Waals surface area contributed by atoms with Gasteiger partial charge in [-0.2, -0.15) is 0 Å². The molecule has 168 valence electrons. The van der Waals surface area contributed by atoms with E-state index >= 15 is 0 Å². The zero-order chi connectivity index (χ0) is 23.5. The van der Waals surface area contributed by atoms with Crippen LogP contribution in [-0.4, -0.2) is 19.5 Å². The minimum atomic E-state index is -3.84. The first-order chi connectivity index (χ1) is 15.0. The Morgan fingerprint density at radius 1 is 1.00 bits per heavy atom. The summed E-state index contributed by atoms with van der Waals surface area (Å²) in [6, 6.07) is 13.9. The Kier molecular flexibility index (Phi) is 6.55. The van der Waals surface area contributed by atoms with Gasteiger partial charge in [0, 0.05) is 17.3 Å². The fourth-order valence-electron chi connectivity index (χ4n) is 2.86.